The number of anilines is 2. The normalized spacial score (nSPS) is 22.4. The van der Waals surface area contributed by atoms with Gasteiger partial charge in [0.15, 0.2) is 11.6 Å². The summed E-state index contributed by atoms with van der Waals surface area (Å²) in [6, 6.07) is 11.7. The fourth-order valence-electron chi connectivity index (χ4n) is 9.25. The Hall–Kier alpha value is -4.45. The van der Waals surface area contributed by atoms with Crippen LogP contribution in [0.2, 0.25) is 5.02 Å². The van der Waals surface area contributed by atoms with E-state index >= 15 is 0 Å². The molecule has 2 saturated carbocycles. The number of carbonyl (C=O) groups excluding carboxylic acids is 1. The van der Waals surface area contributed by atoms with Gasteiger partial charge in [0, 0.05) is 82.3 Å². The molecule has 1 amide bonds. The maximum Gasteiger partial charge on any atom is 0.309 e. The molecule has 2 aliphatic heterocycles. The maximum absolute atomic E-state index is 13.4. The number of benzene rings is 2. The summed E-state index contributed by atoms with van der Waals surface area (Å²) in [6.07, 6.45) is 6.13. The quantitative estimate of drug-likeness (QED) is 0.163. The maximum atomic E-state index is 13.4. The Kier molecular flexibility index (Phi) is 8.35. The van der Waals surface area contributed by atoms with Gasteiger partial charge in [-0.15, -0.1) is 0 Å². The number of halogens is 1. The number of carboxylic acids is 1. The number of amides is 1. The summed E-state index contributed by atoms with van der Waals surface area (Å²) < 4.78 is 4.03. The van der Waals surface area contributed by atoms with Crippen molar-refractivity contribution in [3.05, 3.63) is 88.0 Å². The largest absolute Gasteiger partial charge is 0.481 e. The lowest BCUT2D eigenvalue weighted by atomic mass is 9.81. The predicted molar refractivity (Wildman–Crippen MR) is 199 cm³/mol. The lowest BCUT2D eigenvalue weighted by Gasteiger charge is -2.35. The zero-order valence-electron chi connectivity index (χ0n) is 29.5. The SMILES string of the molecule is C=C(Nc1cccc(-c2cccc(NC(=O)c3nc4c(n3C)CCNC4)c2C)c1Cl)c1nc2c(n1C)CCN(CC13CCC(C(=O)O)(CC1)C3)C2. The Morgan fingerprint density at radius 3 is 2.35 bits per heavy atom. The summed E-state index contributed by atoms with van der Waals surface area (Å²) in [5, 5.41) is 20.3. The van der Waals surface area contributed by atoms with Crippen molar-refractivity contribution in [2.75, 3.05) is 30.3 Å². The molecule has 12 heteroatoms. The number of hydrogen-bond donors (Lipinski definition) is 4. The fraction of sp³-hybridized carbons (Fsp3) is 0.436. The van der Waals surface area contributed by atoms with Crippen LogP contribution in [0.25, 0.3) is 16.8 Å². The van der Waals surface area contributed by atoms with E-state index < -0.39 is 11.4 Å². The Balaban J connectivity index is 0.975. The van der Waals surface area contributed by atoms with Crippen molar-refractivity contribution < 1.29 is 14.7 Å². The van der Waals surface area contributed by atoms with Crippen molar-refractivity contribution in [3.8, 4) is 11.1 Å². The van der Waals surface area contributed by atoms with Crippen molar-refractivity contribution in [2.24, 2.45) is 24.9 Å². The highest BCUT2D eigenvalue weighted by Crippen LogP contribution is 2.62. The van der Waals surface area contributed by atoms with Gasteiger partial charge in [-0.05, 0) is 67.7 Å². The lowest BCUT2D eigenvalue weighted by Crippen LogP contribution is -2.39. The molecule has 2 aromatic heterocycles. The van der Waals surface area contributed by atoms with E-state index in [1.165, 1.54) is 5.69 Å². The van der Waals surface area contributed by atoms with Crippen molar-refractivity contribution in [1.29, 1.82) is 0 Å². The van der Waals surface area contributed by atoms with E-state index in [2.05, 4.69) is 37.0 Å². The highest BCUT2D eigenvalue weighted by Gasteiger charge is 2.58. The van der Waals surface area contributed by atoms with Crippen molar-refractivity contribution >= 4 is 40.5 Å². The van der Waals surface area contributed by atoms with Gasteiger partial charge in [-0.2, -0.15) is 0 Å². The average molecular weight is 709 g/mol. The summed E-state index contributed by atoms with van der Waals surface area (Å²) in [5.41, 5.74) is 8.59. The first-order valence-electron chi connectivity index (χ1n) is 17.9. The van der Waals surface area contributed by atoms with Gasteiger partial charge >= 0.3 is 5.97 Å². The summed E-state index contributed by atoms with van der Waals surface area (Å²) >= 11 is 7.10. The van der Waals surface area contributed by atoms with Crippen LogP contribution in [0.4, 0.5) is 11.4 Å². The molecule has 4 heterocycles. The molecule has 0 radical (unpaired) electrons. The van der Waals surface area contributed by atoms with E-state index in [4.69, 9.17) is 16.6 Å². The Bertz CT molecular complexity index is 2090. The van der Waals surface area contributed by atoms with Gasteiger partial charge in [-0.1, -0.05) is 42.4 Å². The zero-order chi connectivity index (χ0) is 35.7. The van der Waals surface area contributed by atoms with Gasteiger partial charge in [0.05, 0.1) is 33.2 Å². The van der Waals surface area contributed by atoms with Crippen LogP contribution < -0.4 is 16.0 Å². The van der Waals surface area contributed by atoms with Crippen LogP contribution in [-0.2, 0) is 44.8 Å². The molecule has 0 unspecified atom stereocenters. The van der Waals surface area contributed by atoms with Gasteiger partial charge in [-0.3, -0.25) is 14.5 Å². The number of imidazole rings is 2. The molecule has 51 heavy (non-hydrogen) atoms. The van der Waals surface area contributed by atoms with E-state index in [0.29, 0.717) is 34.5 Å². The molecule has 2 aliphatic carbocycles. The number of fused-ring (bicyclic) bond motifs is 4. The Labute approximate surface area is 303 Å². The number of nitrogens with one attached hydrogen (secondary N) is 3. The molecule has 2 bridgehead atoms. The number of carboxylic acid groups (broad SMARTS) is 1. The second-order valence-corrected chi connectivity index (χ2v) is 15.5. The molecule has 4 N–H and O–H groups in total. The second-order valence-electron chi connectivity index (χ2n) is 15.1. The molecule has 2 fully saturated rings. The van der Waals surface area contributed by atoms with Gasteiger partial charge in [-0.25, -0.2) is 9.97 Å². The summed E-state index contributed by atoms with van der Waals surface area (Å²) in [7, 11) is 3.94. The smallest absolute Gasteiger partial charge is 0.309 e. The minimum absolute atomic E-state index is 0.111. The topological polar surface area (TPSA) is 129 Å². The van der Waals surface area contributed by atoms with E-state index in [-0.39, 0.29) is 11.3 Å². The number of aromatic nitrogens is 4. The first kappa shape index (κ1) is 33.7. The van der Waals surface area contributed by atoms with Crippen LogP contribution in [0.15, 0.2) is 43.0 Å². The van der Waals surface area contributed by atoms with E-state index in [0.717, 1.165) is 111 Å². The van der Waals surface area contributed by atoms with E-state index in [1.807, 2.05) is 62.0 Å². The summed E-state index contributed by atoms with van der Waals surface area (Å²) in [5.74, 6) is 0.302. The monoisotopic (exact) mass is 708 g/mol. The first-order valence-corrected chi connectivity index (χ1v) is 18.3. The van der Waals surface area contributed by atoms with Crippen molar-refractivity contribution in [1.82, 2.24) is 29.3 Å². The highest BCUT2D eigenvalue weighted by molar-refractivity contribution is 6.36. The fourth-order valence-corrected chi connectivity index (χ4v) is 9.53. The van der Waals surface area contributed by atoms with Gasteiger partial charge < -0.3 is 30.2 Å². The van der Waals surface area contributed by atoms with E-state index in [9.17, 15) is 14.7 Å². The van der Waals surface area contributed by atoms with Gasteiger partial charge in [0.2, 0.25) is 0 Å². The number of rotatable bonds is 9. The molecule has 0 spiro atoms. The molecule has 11 nitrogen and oxygen atoms in total. The number of aliphatic carboxylic acids is 1. The Morgan fingerprint density at radius 1 is 0.941 bits per heavy atom. The lowest BCUT2D eigenvalue weighted by molar-refractivity contribution is -0.148. The zero-order valence-corrected chi connectivity index (χ0v) is 30.3. The van der Waals surface area contributed by atoms with Crippen LogP contribution in [-0.4, -0.2) is 60.6 Å². The molecule has 4 aliphatic rings. The minimum atomic E-state index is -0.613. The van der Waals surface area contributed by atoms with E-state index in [1.54, 1.807) is 0 Å². The molecule has 8 rings (SSSR count). The Morgan fingerprint density at radius 2 is 1.63 bits per heavy atom. The third kappa shape index (κ3) is 5.75. The van der Waals surface area contributed by atoms with Crippen LogP contribution in [0.5, 0.6) is 0 Å². The average Bonchev–Trinajstić information content (AvgIpc) is 3.87. The molecule has 266 valence electrons. The standard InChI is InChI=1S/C39H45ClN8O3/c1-23-25(7-5-9-27(23)45-36(49)35-43-29-19-41-17-11-31(29)47(35)4)26-8-6-10-28(33(26)40)42-24(2)34-44-30-20-48(18-12-32(30)46(34)3)22-38-13-15-39(21-38,16-14-38)37(50)51/h5-10,41-42H,2,11-22H2,1,3-4H3,(H,45,49)(H,50,51). The number of carbonyl (C=O) groups is 2. The van der Waals surface area contributed by atoms with Gasteiger partial charge in [0.25, 0.3) is 5.91 Å². The molecular weight excluding hydrogens is 664 g/mol. The third-order valence-electron chi connectivity index (χ3n) is 12.1. The predicted octanol–water partition coefficient (Wildman–Crippen LogP) is 6.16. The summed E-state index contributed by atoms with van der Waals surface area (Å²) in [6.45, 7) is 10.5. The van der Waals surface area contributed by atoms with Crippen LogP contribution in [0.3, 0.4) is 0 Å². The van der Waals surface area contributed by atoms with Gasteiger partial charge in [0.1, 0.15) is 0 Å². The molecule has 0 atom stereocenters. The minimum Gasteiger partial charge on any atom is -0.481 e. The number of nitrogens with zero attached hydrogens (tertiary/aromatic N) is 5. The third-order valence-corrected chi connectivity index (χ3v) is 12.5. The number of hydrogen-bond acceptors (Lipinski definition) is 7. The van der Waals surface area contributed by atoms with Crippen LogP contribution in [0.1, 0.15) is 76.9 Å². The first-order chi connectivity index (χ1) is 24.5. The summed E-state index contributed by atoms with van der Waals surface area (Å²) in [4.78, 5) is 37.6. The second kappa shape index (κ2) is 12.6. The molecule has 0 saturated heterocycles. The molecular formula is C39H45ClN8O3. The molecule has 4 aromatic rings. The van der Waals surface area contributed by atoms with Crippen LogP contribution >= 0.6 is 11.6 Å². The van der Waals surface area contributed by atoms with Crippen LogP contribution in [0, 0.1) is 17.8 Å². The van der Waals surface area contributed by atoms with Crippen molar-refractivity contribution in [3.63, 3.8) is 0 Å². The van der Waals surface area contributed by atoms with Crippen molar-refractivity contribution in [2.45, 2.75) is 65.0 Å². The molecule has 2 aromatic carbocycles. The highest BCUT2D eigenvalue weighted by atomic mass is 35.5.